The van der Waals surface area contributed by atoms with Crippen LogP contribution in [-0.4, -0.2) is 32.0 Å². The Labute approximate surface area is 170 Å². The first kappa shape index (κ1) is 18.7. The lowest BCUT2D eigenvalue weighted by Crippen LogP contribution is -2.30. The Morgan fingerprint density at radius 1 is 0.931 bits per heavy atom. The third kappa shape index (κ3) is 4.14. The van der Waals surface area contributed by atoms with Crippen LogP contribution < -0.4 is 15.1 Å². The van der Waals surface area contributed by atoms with Gasteiger partial charge in [0.25, 0.3) is 5.91 Å². The van der Waals surface area contributed by atoms with Gasteiger partial charge in [-0.2, -0.15) is 0 Å². The van der Waals surface area contributed by atoms with E-state index in [4.69, 9.17) is 0 Å². The minimum Gasteiger partial charge on any atom is -0.365 e. The summed E-state index contributed by atoms with van der Waals surface area (Å²) in [6.07, 6.45) is 0.880. The third-order valence-corrected chi connectivity index (χ3v) is 5.13. The van der Waals surface area contributed by atoms with Gasteiger partial charge in [-0.1, -0.05) is 36.4 Å². The minimum absolute atomic E-state index is 0.0170. The topological polar surface area (TPSA) is 52.7 Å². The van der Waals surface area contributed by atoms with Crippen molar-refractivity contribution in [2.24, 2.45) is 0 Å². The number of amides is 2. The highest BCUT2D eigenvalue weighted by Gasteiger charge is 2.25. The summed E-state index contributed by atoms with van der Waals surface area (Å²) >= 11 is 0. The molecule has 0 aromatic heterocycles. The van der Waals surface area contributed by atoms with Gasteiger partial charge in [0, 0.05) is 36.2 Å². The molecule has 0 bridgehead atoms. The van der Waals surface area contributed by atoms with Crippen LogP contribution in [0.5, 0.6) is 0 Å². The van der Waals surface area contributed by atoms with Gasteiger partial charge in [-0.15, -0.1) is 0 Å². The Bertz CT molecular complexity index is 1020. The van der Waals surface area contributed by atoms with Crippen LogP contribution in [0.15, 0.2) is 78.9 Å². The summed E-state index contributed by atoms with van der Waals surface area (Å²) in [4.78, 5) is 28.9. The van der Waals surface area contributed by atoms with E-state index in [-0.39, 0.29) is 18.4 Å². The van der Waals surface area contributed by atoms with E-state index in [2.05, 4.69) is 11.4 Å². The molecule has 3 aromatic carbocycles. The molecule has 0 saturated carbocycles. The second-order valence-electron chi connectivity index (χ2n) is 7.15. The van der Waals surface area contributed by atoms with Crippen molar-refractivity contribution in [3.8, 4) is 0 Å². The van der Waals surface area contributed by atoms with E-state index in [1.165, 1.54) is 5.56 Å². The Hall–Kier alpha value is -3.60. The zero-order valence-electron chi connectivity index (χ0n) is 16.3. The second kappa shape index (κ2) is 8.19. The summed E-state index contributed by atoms with van der Waals surface area (Å²) in [6.45, 7) is 0.942. The fraction of sp³-hybridized carbons (Fsp3) is 0.167. The predicted molar refractivity (Wildman–Crippen MR) is 117 cm³/mol. The molecule has 1 heterocycles. The minimum atomic E-state index is -0.108. The molecule has 4 rings (SSSR count). The van der Waals surface area contributed by atoms with Gasteiger partial charge in [-0.3, -0.25) is 9.59 Å². The van der Waals surface area contributed by atoms with E-state index < -0.39 is 0 Å². The number of nitrogens with one attached hydrogen (secondary N) is 1. The van der Waals surface area contributed by atoms with Crippen LogP contribution in [0.4, 0.5) is 17.1 Å². The fourth-order valence-electron chi connectivity index (χ4n) is 3.59. The molecule has 5 nitrogen and oxygen atoms in total. The van der Waals surface area contributed by atoms with Crippen LogP contribution in [0.1, 0.15) is 15.9 Å². The molecule has 0 atom stereocenters. The second-order valence-corrected chi connectivity index (χ2v) is 7.15. The lowest BCUT2D eigenvalue weighted by molar-refractivity contribution is -0.114. The van der Waals surface area contributed by atoms with Crippen molar-refractivity contribution in [2.45, 2.75) is 6.42 Å². The maximum absolute atomic E-state index is 12.9. The average molecular weight is 385 g/mol. The van der Waals surface area contributed by atoms with E-state index in [1.54, 1.807) is 24.3 Å². The van der Waals surface area contributed by atoms with E-state index in [9.17, 15) is 9.59 Å². The summed E-state index contributed by atoms with van der Waals surface area (Å²) in [5.74, 6) is -0.125. The average Bonchev–Trinajstić information content (AvgIpc) is 3.18. The molecule has 1 aliphatic rings. The SMILES string of the molecule is CN(CC(=O)Nc1ccc(C(=O)N2CCc3ccccc32)cc1)c1ccccc1. The van der Waals surface area contributed by atoms with Crippen LogP contribution in [-0.2, 0) is 11.2 Å². The monoisotopic (exact) mass is 385 g/mol. The molecule has 0 fully saturated rings. The molecule has 0 aliphatic carbocycles. The molecule has 0 radical (unpaired) electrons. The summed E-state index contributed by atoms with van der Waals surface area (Å²) in [7, 11) is 1.88. The first-order valence-electron chi connectivity index (χ1n) is 9.68. The van der Waals surface area contributed by atoms with Crippen LogP contribution in [0.3, 0.4) is 0 Å². The van der Waals surface area contributed by atoms with E-state index in [0.717, 1.165) is 17.8 Å². The van der Waals surface area contributed by atoms with Crippen LogP contribution in [0.2, 0.25) is 0 Å². The standard InChI is InChI=1S/C24H23N3O2/c1-26(21-8-3-2-4-9-21)17-23(28)25-20-13-11-19(12-14-20)24(29)27-16-15-18-7-5-6-10-22(18)27/h2-14H,15-17H2,1H3,(H,25,28). The summed E-state index contributed by atoms with van der Waals surface area (Å²) < 4.78 is 0. The first-order valence-corrected chi connectivity index (χ1v) is 9.68. The molecule has 0 saturated heterocycles. The lowest BCUT2D eigenvalue weighted by Gasteiger charge is -2.19. The maximum Gasteiger partial charge on any atom is 0.258 e. The normalized spacial score (nSPS) is 12.4. The predicted octanol–water partition coefficient (Wildman–Crippen LogP) is 3.96. The smallest absolute Gasteiger partial charge is 0.258 e. The van der Waals surface area contributed by atoms with Crippen LogP contribution >= 0.6 is 0 Å². The molecule has 146 valence electrons. The number of carbonyl (C=O) groups excluding carboxylic acids is 2. The van der Waals surface area contributed by atoms with E-state index >= 15 is 0 Å². The van der Waals surface area contributed by atoms with Crippen molar-refractivity contribution in [1.82, 2.24) is 0 Å². The van der Waals surface area contributed by atoms with Crippen molar-refractivity contribution in [3.05, 3.63) is 90.0 Å². The number of anilines is 3. The first-order chi connectivity index (χ1) is 14.1. The highest BCUT2D eigenvalue weighted by Crippen LogP contribution is 2.29. The van der Waals surface area contributed by atoms with Crippen molar-refractivity contribution >= 4 is 28.9 Å². The molecular formula is C24H23N3O2. The number of nitrogens with zero attached hydrogens (tertiary/aromatic N) is 2. The zero-order valence-corrected chi connectivity index (χ0v) is 16.3. The lowest BCUT2D eigenvalue weighted by atomic mass is 10.1. The number of hydrogen-bond donors (Lipinski definition) is 1. The quantitative estimate of drug-likeness (QED) is 0.723. The summed E-state index contributed by atoms with van der Waals surface area (Å²) in [5.41, 5.74) is 4.46. The summed E-state index contributed by atoms with van der Waals surface area (Å²) in [5, 5.41) is 2.89. The maximum atomic E-state index is 12.9. The molecule has 5 heteroatoms. The molecule has 0 spiro atoms. The Kier molecular flexibility index (Phi) is 5.29. The van der Waals surface area contributed by atoms with Crippen LogP contribution in [0.25, 0.3) is 0 Å². The molecule has 0 unspecified atom stereocenters. The number of hydrogen-bond acceptors (Lipinski definition) is 3. The largest absolute Gasteiger partial charge is 0.365 e. The number of fused-ring (bicyclic) bond motifs is 1. The Morgan fingerprint density at radius 2 is 1.62 bits per heavy atom. The third-order valence-electron chi connectivity index (χ3n) is 5.13. The zero-order chi connectivity index (χ0) is 20.2. The Balaban J connectivity index is 1.38. The van der Waals surface area contributed by atoms with Gasteiger partial charge in [-0.05, 0) is 54.4 Å². The number of benzene rings is 3. The van der Waals surface area contributed by atoms with Crippen molar-refractivity contribution < 1.29 is 9.59 Å². The van der Waals surface area contributed by atoms with Crippen molar-refractivity contribution in [3.63, 3.8) is 0 Å². The molecule has 3 aromatic rings. The van der Waals surface area contributed by atoms with Gasteiger partial charge in [-0.25, -0.2) is 0 Å². The van der Waals surface area contributed by atoms with E-state index in [1.807, 2.05) is 65.4 Å². The van der Waals surface area contributed by atoms with Gasteiger partial charge >= 0.3 is 0 Å². The molecular weight excluding hydrogens is 362 g/mol. The fourth-order valence-corrected chi connectivity index (χ4v) is 3.59. The number of para-hydroxylation sites is 2. The van der Waals surface area contributed by atoms with Gasteiger partial charge in [0.2, 0.25) is 5.91 Å². The number of likely N-dealkylation sites (N-methyl/N-ethyl adjacent to an activating group) is 1. The molecule has 29 heavy (non-hydrogen) atoms. The summed E-state index contributed by atoms with van der Waals surface area (Å²) in [6, 6.07) is 24.8. The van der Waals surface area contributed by atoms with Gasteiger partial charge < -0.3 is 15.1 Å². The van der Waals surface area contributed by atoms with Gasteiger partial charge in [0.1, 0.15) is 0 Å². The van der Waals surface area contributed by atoms with Crippen molar-refractivity contribution in [2.75, 3.05) is 35.3 Å². The number of rotatable bonds is 5. The van der Waals surface area contributed by atoms with Gasteiger partial charge in [0.15, 0.2) is 0 Å². The van der Waals surface area contributed by atoms with E-state index in [0.29, 0.717) is 17.8 Å². The molecule has 1 aliphatic heterocycles. The highest BCUT2D eigenvalue weighted by molar-refractivity contribution is 6.07. The van der Waals surface area contributed by atoms with Crippen LogP contribution in [0, 0.1) is 0 Å². The molecule has 2 amide bonds. The van der Waals surface area contributed by atoms with Gasteiger partial charge in [0.05, 0.1) is 6.54 Å². The van der Waals surface area contributed by atoms with Crippen molar-refractivity contribution in [1.29, 1.82) is 0 Å². The number of carbonyl (C=O) groups is 2. The molecule has 1 N–H and O–H groups in total. The highest BCUT2D eigenvalue weighted by atomic mass is 16.2. The Morgan fingerprint density at radius 3 is 2.38 bits per heavy atom.